The molecule has 0 aliphatic carbocycles. The van der Waals surface area contributed by atoms with Gasteiger partial charge in [-0.2, -0.15) is 5.10 Å². The van der Waals surface area contributed by atoms with Crippen LogP contribution in [0.3, 0.4) is 0 Å². The molecule has 0 aliphatic rings. The molecule has 0 saturated heterocycles. The first-order valence-electron chi connectivity index (χ1n) is 4.29. The second-order valence-electron chi connectivity index (χ2n) is 3.14. The topological polar surface area (TPSA) is 30.7 Å². The predicted octanol–water partition coefficient (Wildman–Crippen LogP) is 2.44. The summed E-state index contributed by atoms with van der Waals surface area (Å²) in [6, 6.07) is 3.85. The molecule has 72 valence electrons. The van der Waals surface area contributed by atoms with Crippen molar-refractivity contribution in [2.45, 2.75) is 6.92 Å². The van der Waals surface area contributed by atoms with Crippen LogP contribution in [-0.4, -0.2) is 14.8 Å². The zero-order chi connectivity index (χ0) is 10.1. The standard InChI is InChI=1S/C10H10ClN3/c1-7-8(4-3-5-12-7)10-9(11)6-14(2)13-10/h3-6H,1-2H3. The number of aryl methyl sites for hydroxylation is 2. The fourth-order valence-corrected chi connectivity index (χ4v) is 1.66. The maximum atomic E-state index is 6.04. The molecule has 2 aromatic rings. The zero-order valence-electron chi connectivity index (χ0n) is 8.03. The van der Waals surface area contributed by atoms with Crippen LogP contribution in [0.15, 0.2) is 24.5 Å². The van der Waals surface area contributed by atoms with Crippen molar-refractivity contribution in [3.05, 3.63) is 35.2 Å². The summed E-state index contributed by atoms with van der Waals surface area (Å²) in [5, 5.41) is 4.94. The molecule has 0 N–H and O–H groups in total. The molecule has 0 atom stereocenters. The number of halogens is 1. The van der Waals surface area contributed by atoms with Crippen LogP contribution in [0.5, 0.6) is 0 Å². The number of nitrogens with zero attached hydrogens (tertiary/aromatic N) is 3. The van der Waals surface area contributed by atoms with E-state index < -0.39 is 0 Å². The summed E-state index contributed by atoms with van der Waals surface area (Å²) in [5.74, 6) is 0. The number of hydrogen-bond acceptors (Lipinski definition) is 2. The molecule has 0 fully saturated rings. The smallest absolute Gasteiger partial charge is 0.113 e. The Bertz CT molecular complexity index is 462. The van der Waals surface area contributed by atoms with E-state index in [4.69, 9.17) is 11.6 Å². The number of rotatable bonds is 1. The van der Waals surface area contributed by atoms with E-state index in [1.165, 1.54) is 0 Å². The van der Waals surface area contributed by atoms with Gasteiger partial charge in [-0.1, -0.05) is 11.6 Å². The number of aromatic nitrogens is 3. The number of hydrogen-bond donors (Lipinski definition) is 0. The highest BCUT2D eigenvalue weighted by Gasteiger charge is 2.10. The van der Waals surface area contributed by atoms with Gasteiger partial charge < -0.3 is 0 Å². The Morgan fingerprint density at radius 3 is 2.79 bits per heavy atom. The monoisotopic (exact) mass is 207 g/mol. The summed E-state index contributed by atoms with van der Waals surface area (Å²) < 4.78 is 1.70. The van der Waals surface area contributed by atoms with Crippen LogP contribution < -0.4 is 0 Å². The fourth-order valence-electron chi connectivity index (χ4n) is 1.38. The van der Waals surface area contributed by atoms with Gasteiger partial charge in [0.15, 0.2) is 0 Å². The van der Waals surface area contributed by atoms with E-state index >= 15 is 0 Å². The summed E-state index contributed by atoms with van der Waals surface area (Å²) in [7, 11) is 1.85. The van der Waals surface area contributed by atoms with Crippen LogP contribution in [0.2, 0.25) is 5.02 Å². The Labute approximate surface area is 87.3 Å². The van der Waals surface area contributed by atoms with Gasteiger partial charge in [-0.05, 0) is 19.1 Å². The van der Waals surface area contributed by atoms with Crippen molar-refractivity contribution in [1.82, 2.24) is 14.8 Å². The Hall–Kier alpha value is -1.35. The summed E-state index contributed by atoms with van der Waals surface area (Å²) in [4.78, 5) is 4.20. The molecule has 0 amide bonds. The van der Waals surface area contributed by atoms with Gasteiger partial charge in [0.1, 0.15) is 5.69 Å². The summed E-state index contributed by atoms with van der Waals surface area (Å²) >= 11 is 6.04. The third-order valence-corrected chi connectivity index (χ3v) is 2.32. The van der Waals surface area contributed by atoms with Crippen molar-refractivity contribution in [2.24, 2.45) is 7.05 Å². The van der Waals surface area contributed by atoms with Crippen LogP contribution >= 0.6 is 11.6 Å². The van der Waals surface area contributed by atoms with Crippen LogP contribution in [0.25, 0.3) is 11.3 Å². The Kier molecular flexibility index (Phi) is 2.25. The van der Waals surface area contributed by atoms with Gasteiger partial charge in [0, 0.05) is 30.7 Å². The first-order chi connectivity index (χ1) is 6.68. The van der Waals surface area contributed by atoms with E-state index in [0.717, 1.165) is 17.0 Å². The second kappa shape index (κ2) is 3.42. The summed E-state index contributed by atoms with van der Waals surface area (Å²) in [6.45, 7) is 1.94. The molecule has 0 bridgehead atoms. The lowest BCUT2D eigenvalue weighted by Gasteiger charge is -2.00. The lowest BCUT2D eigenvalue weighted by Crippen LogP contribution is -1.90. The summed E-state index contributed by atoms with van der Waals surface area (Å²) in [6.07, 6.45) is 3.54. The summed E-state index contributed by atoms with van der Waals surface area (Å²) in [5.41, 5.74) is 2.71. The maximum absolute atomic E-state index is 6.04. The minimum atomic E-state index is 0.656. The number of pyridine rings is 1. The van der Waals surface area contributed by atoms with Crippen LogP contribution in [0, 0.1) is 6.92 Å². The molecular weight excluding hydrogens is 198 g/mol. The van der Waals surface area contributed by atoms with Gasteiger partial charge in [-0.3, -0.25) is 9.67 Å². The molecule has 14 heavy (non-hydrogen) atoms. The van der Waals surface area contributed by atoms with Crippen molar-refractivity contribution in [3.8, 4) is 11.3 Å². The van der Waals surface area contributed by atoms with Gasteiger partial charge in [0.2, 0.25) is 0 Å². The van der Waals surface area contributed by atoms with E-state index in [1.807, 2.05) is 26.1 Å². The van der Waals surface area contributed by atoms with Gasteiger partial charge in [0.25, 0.3) is 0 Å². The Balaban J connectivity index is 2.60. The molecule has 0 radical (unpaired) electrons. The molecule has 0 saturated carbocycles. The Morgan fingerprint density at radius 2 is 2.21 bits per heavy atom. The van der Waals surface area contributed by atoms with Crippen LogP contribution in [0.1, 0.15) is 5.69 Å². The highest BCUT2D eigenvalue weighted by molar-refractivity contribution is 6.33. The van der Waals surface area contributed by atoms with E-state index in [-0.39, 0.29) is 0 Å². The van der Waals surface area contributed by atoms with Crippen LogP contribution in [0.4, 0.5) is 0 Å². The molecule has 2 aromatic heterocycles. The molecule has 0 unspecified atom stereocenters. The predicted molar refractivity (Wildman–Crippen MR) is 56.2 cm³/mol. The van der Waals surface area contributed by atoms with E-state index in [0.29, 0.717) is 5.02 Å². The molecule has 0 aliphatic heterocycles. The quantitative estimate of drug-likeness (QED) is 0.719. The lowest BCUT2D eigenvalue weighted by atomic mass is 10.1. The molecule has 0 aromatic carbocycles. The minimum absolute atomic E-state index is 0.656. The van der Waals surface area contributed by atoms with Gasteiger partial charge in [0.05, 0.1) is 5.02 Å². The van der Waals surface area contributed by atoms with E-state index in [1.54, 1.807) is 17.1 Å². The van der Waals surface area contributed by atoms with Crippen molar-refractivity contribution >= 4 is 11.6 Å². The van der Waals surface area contributed by atoms with Gasteiger partial charge >= 0.3 is 0 Å². The van der Waals surface area contributed by atoms with Crippen molar-refractivity contribution < 1.29 is 0 Å². The highest BCUT2D eigenvalue weighted by atomic mass is 35.5. The minimum Gasteiger partial charge on any atom is -0.274 e. The fraction of sp³-hybridized carbons (Fsp3) is 0.200. The zero-order valence-corrected chi connectivity index (χ0v) is 8.78. The second-order valence-corrected chi connectivity index (χ2v) is 3.54. The van der Waals surface area contributed by atoms with Crippen molar-refractivity contribution in [3.63, 3.8) is 0 Å². The largest absolute Gasteiger partial charge is 0.274 e. The maximum Gasteiger partial charge on any atom is 0.113 e. The average molecular weight is 208 g/mol. The van der Waals surface area contributed by atoms with E-state index in [2.05, 4.69) is 10.1 Å². The van der Waals surface area contributed by atoms with Crippen molar-refractivity contribution in [1.29, 1.82) is 0 Å². The normalized spacial score (nSPS) is 10.5. The third kappa shape index (κ3) is 1.51. The van der Waals surface area contributed by atoms with Crippen LogP contribution in [-0.2, 0) is 7.05 Å². The van der Waals surface area contributed by atoms with Gasteiger partial charge in [-0.25, -0.2) is 0 Å². The molecule has 2 heterocycles. The molecule has 2 rings (SSSR count). The third-order valence-electron chi connectivity index (χ3n) is 2.05. The average Bonchev–Trinajstić information content (AvgIpc) is 2.46. The lowest BCUT2D eigenvalue weighted by molar-refractivity contribution is 0.770. The highest BCUT2D eigenvalue weighted by Crippen LogP contribution is 2.27. The first kappa shape index (κ1) is 9.21. The molecule has 4 heteroatoms. The van der Waals surface area contributed by atoms with Crippen molar-refractivity contribution in [2.75, 3.05) is 0 Å². The first-order valence-corrected chi connectivity index (χ1v) is 4.67. The van der Waals surface area contributed by atoms with Gasteiger partial charge in [-0.15, -0.1) is 0 Å². The molecule has 0 spiro atoms. The SMILES string of the molecule is Cc1ncccc1-c1nn(C)cc1Cl. The van der Waals surface area contributed by atoms with E-state index in [9.17, 15) is 0 Å². The Morgan fingerprint density at radius 1 is 1.43 bits per heavy atom. The molecular formula is C10H10ClN3. The molecule has 3 nitrogen and oxygen atoms in total.